The van der Waals surface area contributed by atoms with Crippen LogP contribution in [0.25, 0.3) is 0 Å². The third kappa shape index (κ3) is 3.99. The summed E-state index contributed by atoms with van der Waals surface area (Å²) >= 11 is 0. The average Bonchev–Trinajstić information content (AvgIpc) is 2.36. The van der Waals surface area contributed by atoms with E-state index in [9.17, 15) is 26.3 Å². The molecule has 0 spiro atoms. The molecule has 0 saturated heterocycles. The van der Waals surface area contributed by atoms with Gasteiger partial charge in [0.2, 0.25) is 0 Å². The number of aromatic nitrogens is 1. The van der Waals surface area contributed by atoms with E-state index in [2.05, 4.69) is 4.98 Å². The molecular formula is C15H11F6N. The summed E-state index contributed by atoms with van der Waals surface area (Å²) in [6.07, 6.45) is -8.32. The molecule has 7 heteroatoms. The van der Waals surface area contributed by atoms with E-state index in [0.717, 1.165) is 17.7 Å². The third-order valence-corrected chi connectivity index (χ3v) is 3.00. The molecule has 0 saturated carbocycles. The second-order valence-corrected chi connectivity index (χ2v) is 4.92. The van der Waals surface area contributed by atoms with Gasteiger partial charge in [-0.2, -0.15) is 26.3 Å². The summed E-state index contributed by atoms with van der Waals surface area (Å²) in [5.41, 5.74) is -1.48. The Labute approximate surface area is 122 Å². The van der Waals surface area contributed by atoms with E-state index in [1.165, 1.54) is 6.20 Å². The van der Waals surface area contributed by atoms with Crippen molar-refractivity contribution in [2.24, 2.45) is 0 Å². The molecule has 0 aliphatic carbocycles. The van der Waals surface area contributed by atoms with Crippen LogP contribution in [0, 0.1) is 6.92 Å². The van der Waals surface area contributed by atoms with Crippen molar-refractivity contribution in [3.05, 3.63) is 64.5 Å². The van der Waals surface area contributed by atoms with Gasteiger partial charge in [0, 0.05) is 18.3 Å². The minimum atomic E-state index is -4.84. The standard InChI is InChI=1S/C15H11F6N/c1-9-2-3-22-13(4-9)7-10-5-11(14(16,17)18)8-12(6-10)15(19,20)21/h2-6,8H,7H2,1H3. The van der Waals surface area contributed by atoms with Gasteiger partial charge in [-0.25, -0.2) is 0 Å². The van der Waals surface area contributed by atoms with Crippen molar-refractivity contribution in [2.75, 3.05) is 0 Å². The van der Waals surface area contributed by atoms with E-state index in [4.69, 9.17) is 0 Å². The van der Waals surface area contributed by atoms with Gasteiger partial charge >= 0.3 is 12.4 Å². The van der Waals surface area contributed by atoms with Crippen molar-refractivity contribution in [3.8, 4) is 0 Å². The highest BCUT2D eigenvalue weighted by atomic mass is 19.4. The van der Waals surface area contributed by atoms with Crippen LogP contribution in [0.15, 0.2) is 36.5 Å². The number of pyridine rings is 1. The van der Waals surface area contributed by atoms with Gasteiger partial charge in [0.05, 0.1) is 11.1 Å². The Balaban J connectivity index is 2.46. The van der Waals surface area contributed by atoms with Crippen molar-refractivity contribution >= 4 is 0 Å². The van der Waals surface area contributed by atoms with Crippen LogP contribution in [-0.2, 0) is 18.8 Å². The molecule has 0 aliphatic heterocycles. The molecule has 1 heterocycles. The normalized spacial score (nSPS) is 12.5. The van der Waals surface area contributed by atoms with Crippen LogP contribution in [-0.4, -0.2) is 4.98 Å². The summed E-state index contributed by atoms with van der Waals surface area (Å²) < 4.78 is 76.5. The lowest BCUT2D eigenvalue weighted by molar-refractivity contribution is -0.143. The lowest BCUT2D eigenvalue weighted by Crippen LogP contribution is -2.12. The topological polar surface area (TPSA) is 12.9 Å². The zero-order valence-corrected chi connectivity index (χ0v) is 11.4. The minimum absolute atomic E-state index is 0.0831. The van der Waals surface area contributed by atoms with Gasteiger partial charge in [-0.15, -0.1) is 0 Å². The van der Waals surface area contributed by atoms with Gasteiger partial charge in [-0.3, -0.25) is 4.98 Å². The quantitative estimate of drug-likeness (QED) is 0.708. The van der Waals surface area contributed by atoms with Crippen molar-refractivity contribution in [1.29, 1.82) is 0 Å². The number of rotatable bonds is 2. The predicted octanol–water partition coefficient (Wildman–Crippen LogP) is 5.02. The average molecular weight is 319 g/mol. The first-order chi connectivity index (χ1) is 10.1. The minimum Gasteiger partial charge on any atom is -0.261 e. The first kappa shape index (κ1) is 16.3. The molecule has 0 N–H and O–H groups in total. The van der Waals surface area contributed by atoms with E-state index in [0.29, 0.717) is 5.69 Å². The number of alkyl halides is 6. The number of nitrogens with zero attached hydrogens (tertiary/aromatic N) is 1. The summed E-state index contributed by atoms with van der Waals surface area (Å²) in [5, 5.41) is 0. The van der Waals surface area contributed by atoms with Crippen molar-refractivity contribution in [2.45, 2.75) is 25.7 Å². The maximum Gasteiger partial charge on any atom is 0.416 e. The zero-order chi connectivity index (χ0) is 16.5. The first-order valence-electron chi connectivity index (χ1n) is 6.25. The van der Waals surface area contributed by atoms with Crippen LogP contribution in [0.3, 0.4) is 0 Å². The van der Waals surface area contributed by atoms with E-state index in [1.54, 1.807) is 19.1 Å². The maximum absolute atomic E-state index is 12.8. The van der Waals surface area contributed by atoms with E-state index < -0.39 is 23.5 Å². The predicted molar refractivity (Wildman–Crippen MR) is 68.2 cm³/mol. The Morgan fingerprint density at radius 3 is 1.86 bits per heavy atom. The number of hydrogen-bond donors (Lipinski definition) is 0. The van der Waals surface area contributed by atoms with Crippen LogP contribution in [0.4, 0.5) is 26.3 Å². The van der Waals surface area contributed by atoms with Crippen LogP contribution in [0.2, 0.25) is 0 Å². The largest absolute Gasteiger partial charge is 0.416 e. The number of benzene rings is 1. The molecule has 118 valence electrons. The summed E-state index contributed by atoms with van der Waals surface area (Å²) in [6, 6.07) is 4.87. The Morgan fingerprint density at radius 2 is 1.41 bits per heavy atom. The van der Waals surface area contributed by atoms with E-state index in [1.807, 2.05) is 0 Å². The molecule has 1 aromatic carbocycles. The molecule has 0 unspecified atom stereocenters. The van der Waals surface area contributed by atoms with Gasteiger partial charge < -0.3 is 0 Å². The Hall–Kier alpha value is -2.05. The molecule has 0 fully saturated rings. The first-order valence-corrected chi connectivity index (χ1v) is 6.25. The van der Waals surface area contributed by atoms with Crippen LogP contribution in [0.1, 0.15) is 27.9 Å². The van der Waals surface area contributed by atoms with Crippen LogP contribution < -0.4 is 0 Å². The molecule has 0 radical (unpaired) electrons. The molecular weight excluding hydrogens is 308 g/mol. The summed E-state index contributed by atoms with van der Waals surface area (Å²) in [5.74, 6) is 0. The smallest absolute Gasteiger partial charge is 0.261 e. The Morgan fingerprint density at radius 1 is 0.864 bits per heavy atom. The number of hydrogen-bond acceptors (Lipinski definition) is 1. The van der Waals surface area contributed by atoms with Gasteiger partial charge in [0.15, 0.2) is 0 Å². The fourth-order valence-corrected chi connectivity index (χ4v) is 2.03. The molecule has 1 nitrogen and oxygen atoms in total. The molecule has 0 amide bonds. The van der Waals surface area contributed by atoms with Gasteiger partial charge in [-0.1, -0.05) is 0 Å². The Kier molecular flexibility index (Phi) is 4.17. The third-order valence-electron chi connectivity index (χ3n) is 3.00. The second-order valence-electron chi connectivity index (χ2n) is 4.92. The fraction of sp³-hybridized carbons (Fsp3) is 0.267. The van der Waals surface area contributed by atoms with Crippen molar-refractivity contribution in [3.63, 3.8) is 0 Å². The van der Waals surface area contributed by atoms with Gasteiger partial charge in [-0.05, 0) is 48.4 Å². The van der Waals surface area contributed by atoms with Gasteiger partial charge in [0.25, 0.3) is 0 Å². The molecule has 1 aromatic heterocycles. The molecule has 0 atom stereocenters. The van der Waals surface area contributed by atoms with Gasteiger partial charge in [0.1, 0.15) is 0 Å². The summed E-state index contributed by atoms with van der Waals surface area (Å²) in [7, 11) is 0. The van der Waals surface area contributed by atoms with Crippen molar-refractivity contribution in [1.82, 2.24) is 4.98 Å². The zero-order valence-electron chi connectivity index (χ0n) is 11.4. The highest BCUT2D eigenvalue weighted by molar-refractivity contribution is 5.35. The van der Waals surface area contributed by atoms with E-state index in [-0.39, 0.29) is 18.1 Å². The summed E-state index contributed by atoms with van der Waals surface area (Å²) in [6.45, 7) is 1.76. The summed E-state index contributed by atoms with van der Waals surface area (Å²) in [4.78, 5) is 3.96. The van der Waals surface area contributed by atoms with Crippen molar-refractivity contribution < 1.29 is 26.3 Å². The molecule has 0 bridgehead atoms. The highest BCUT2D eigenvalue weighted by Crippen LogP contribution is 2.36. The monoisotopic (exact) mass is 319 g/mol. The lowest BCUT2D eigenvalue weighted by atomic mass is 10.0. The van der Waals surface area contributed by atoms with Crippen LogP contribution in [0.5, 0.6) is 0 Å². The maximum atomic E-state index is 12.8. The SMILES string of the molecule is Cc1ccnc(Cc2cc(C(F)(F)F)cc(C(F)(F)F)c2)c1. The molecule has 2 rings (SSSR count). The number of aryl methyl sites for hydroxylation is 1. The van der Waals surface area contributed by atoms with Crippen LogP contribution >= 0.6 is 0 Å². The molecule has 0 aliphatic rings. The molecule has 22 heavy (non-hydrogen) atoms. The lowest BCUT2D eigenvalue weighted by Gasteiger charge is -2.14. The second kappa shape index (κ2) is 5.62. The fourth-order valence-electron chi connectivity index (χ4n) is 2.03. The van der Waals surface area contributed by atoms with E-state index >= 15 is 0 Å². The highest BCUT2D eigenvalue weighted by Gasteiger charge is 2.36. The number of halogens is 6. The molecule has 2 aromatic rings. The Bertz CT molecular complexity index is 640.